The fraction of sp³-hybridized carbons (Fsp3) is 0.533. The third-order valence-corrected chi connectivity index (χ3v) is 3.53. The first kappa shape index (κ1) is 13.7. The number of benzene rings is 1. The number of carbonyl (C=O) groups excluding carboxylic acids is 1. The van der Waals surface area contributed by atoms with Crippen molar-refractivity contribution in [1.82, 2.24) is 5.32 Å². The highest BCUT2D eigenvalue weighted by Gasteiger charge is 2.20. The second kappa shape index (κ2) is 6.45. The average Bonchev–Trinajstić information content (AvgIpc) is 2.36. The molecular formula is C15H22N2O2. The highest BCUT2D eigenvalue weighted by molar-refractivity contribution is 5.77. The van der Waals surface area contributed by atoms with Gasteiger partial charge in [-0.3, -0.25) is 4.79 Å². The van der Waals surface area contributed by atoms with Crippen LogP contribution in [0.3, 0.4) is 0 Å². The fourth-order valence-corrected chi connectivity index (χ4v) is 2.59. The smallest absolute Gasteiger partial charge is 0.258 e. The van der Waals surface area contributed by atoms with Crippen LogP contribution < -0.4 is 15.8 Å². The molecule has 19 heavy (non-hydrogen) atoms. The van der Waals surface area contributed by atoms with Crippen molar-refractivity contribution in [2.45, 2.75) is 38.6 Å². The summed E-state index contributed by atoms with van der Waals surface area (Å²) in [6.07, 6.45) is 4.62. The SMILES string of the molecule is CC1CCCC(NC(=O)COc2cccc(N)c2)C1. The Labute approximate surface area is 114 Å². The van der Waals surface area contributed by atoms with E-state index >= 15 is 0 Å². The molecule has 1 fully saturated rings. The zero-order valence-electron chi connectivity index (χ0n) is 11.4. The Hall–Kier alpha value is -1.71. The van der Waals surface area contributed by atoms with Crippen LogP contribution in [-0.4, -0.2) is 18.6 Å². The van der Waals surface area contributed by atoms with E-state index in [9.17, 15) is 4.79 Å². The minimum Gasteiger partial charge on any atom is -0.484 e. The maximum absolute atomic E-state index is 11.8. The van der Waals surface area contributed by atoms with Crippen molar-refractivity contribution >= 4 is 11.6 Å². The summed E-state index contributed by atoms with van der Waals surface area (Å²) in [5, 5.41) is 3.04. The van der Waals surface area contributed by atoms with Gasteiger partial charge >= 0.3 is 0 Å². The number of nitrogen functional groups attached to an aromatic ring is 1. The second-order valence-electron chi connectivity index (χ2n) is 5.40. The first-order valence-corrected chi connectivity index (χ1v) is 6.91. The van der Waals surface area contributed by atoms with E-state index in [4.69, 9.17) is 10.5 Å². The molecule has 0 radical (unpaired) electrons. The van der Waals surface area contributed by atoms with Gasteiger partial charge in [-0.05, 0) is 30.9 Å². The van der Waals surface area contributed by atoms with Crippen LogP contribution in [0.15, 0.2) is 24.3 Å². The zero-order valence-corrected chi connectivity index (χ0v) is 11.4. The molecule has 104 valence electrons. The molecule has 0 spiro atoms. The highest BCUT2D eigenvalue weighted by Crippen LogP contribution is 2.23. The number of rotatable bonds is 4. The summed E-state index contributed by atoms with van der Waals surface area (Å²) in [4.78, 5) is 11.8. The summed E-state index contributed by atoms with van der Waals surface area (Å²) in [6, 6.07) is 7.42. The van der Waals surface area contributed by atoms with Crippen molar-refractivity contribution < 1.29 is 9.53 Å². The topological polar surface area (TPSA) is 64.3 Å². The van der Waals surface area contributed by atoms with Crippen molar-refractivity contribution in [3.63, 3.8) is 0 Å². The summed E-state index contributed by atoms with van der Waals surface area (Å²) in [5.41, 5.74) is 6.29. The Kier molecular flexibility index (Phi) is 4.66. The normalized spacial score (nSPS) is 22.8. The van der Waals surface area contributed by atoms with Crippen molar-refractivity contribution in [2.24, 2.45) is 5.92 Å². The molecule has 1 aromatic rings. The van der Waals surface area contributed by atoms with Crippen molar-refractivity contribution in [3.05, 3.63) is 24.3 Å². The van der Waals surface area contributed by atoms with Crippen LogP contribution in [0, 0.1) is 5.92 Å². The van der Waals surface area contributed by atoms with E-state index in [1.165, 1.54) is 12.8 Å². The maximum atomic E-state index is 11.8. The number of hydrogen-bond donors (Lipinski definition) is 2. The minimum absolute atomic E-state index is 0.0499. The lowest BCUT2D eigenvalue weighted by atomic mass is 9.87. The van der Waals surface area contributed by atoms with Gasteiger partial charge in [0.15, 0.2) is 6.61 Å². The Morgan fingerprint density at radius 2 is 2.32 bits per heavy atom. The summed E-state index contributed by atoms with van der Waals surface area (Å²) >= 11 is 0. The molecule has 1 aromatic carbocycles. The monoisotopic (exact) mass is 262 g/mol. The first-order chi connectivity index (χ1) is 9.13. The minimum atomic E-state index is -0.0541. The molecule has 0 heterocycles. The van der Waals surface area contributed by atoms with Crippen molar-refractivity contribution in [2.75, 3.05) is 12.3 Å². The third-order valence-electron chi connectivity index (χ3n) is 3.53. The van der Waals surface area contributed by atoms with Gasteiger partial charge in [0.05, 0.1) is 0 Å². The quantitative estimate of drug-likeness (QED) is 0.819. The third kappa shape index (κ3) is 4.47. The Balaban J connectivity index is 1.75. The number of nitrogens with two attached hydrogens (primary N) is 1. The number of carbonyl (C=O) groups is 1. The Morgan fingerprint density at radius 1 is 1.47 bits per heavy atom. The molecule has 0 bridgehead atoms. The van der Waals surface area contributed by atoms with Crippen LogP contribution in [0.1, 0.15) is 32.6 Å². The molecular weight excluding hydrogens is 240 g/mol. The number of nitrogens with one attached hydrogen (secondary N) is 1. The molecule has 2 rings (SSSR count). The van der Waals surface area contributed by atoms with Gasteiger partial charge in [0.1, 0.15) is 5.75 Å². The van der Waals surface area contributed by atoms with E-state index < -0.39 is 0 Å². The summed E-state index contributed by atoms with van der Waals surface area (Å²) in [5.74, 6) is 1.28. The molecule has 1 amide bonds. The lowest BCUT2D eigenvalue weighted by molar-refractivity contribution is -0.124. The van der Waals surface area contributed by atoms with Gasteiger partial charge < -0.3 is 15.8 Å². The molecule has 2 unspecified atom stereocenters. The van der Waals surface area contributed by atoms with Crippen molar-refractivity contribution in [3.8, 4) is 5.75 Å². The molecule has 0 saturated heterocycles. The molecule has 0 aromatic heterocycles. The van der Waals surface area contributed by atoms with Gasteiger partial charge in [0.25, 0.3) is 5.91 Å². The van der Waals surface area contributed by atoms with Crippen LogP contribution in [0.5, 0.6) is 5.75 Å². The summed E-state index contributed by atoms with van der Waals surface area (Å²) in [6.45, 7) is 2.29. The van der Waals surface area contributed by atoms with E-state index in [0.29, 0.717) is 23.4 Å². The van der Waals surface area contributed by atoms with Gasteiger partial charge in [0.2, 0.25) is 0 Å². The van der Waals surface area contributed by atoms with Gasteiger partial charge in [-0.1, -0.05) is 25.8 Å². The van der Waals surface area contributed by atoms with Crippen LogP contribution in [0.2, 0.25) is 0 Å². The largest absolute Gasteiger partial charge is 0.484 e. The van der Waals surface area contributed by atoms with E-state index in [0.717, 1.165) is 12.8 Å². The molecule has 3 N–H and O–H groups in total. The Morgan fingerprint density at radius 3 is 3.05 bits per heavy atom. The molecule has 1 saturated carbocycles. The number of hydrogen-bond acceptors (Lipinski definition) is 3. The molecule has 4 nitrogen and oxygen atoms in total. The average molecular weight is 262 g/mol. The number of anilines is 1. The lowest BCUT2D eigenvalue weighted by Gasteiger charge is -2.27. The number of amides is 1. The predicted octanol–water partition coefficient (Wildman–Crippen LogP) is 2.34. The lowest BCUT2D eigenvalue weighted by Crippen LogP contribution is -2.40. The maximum Gasteiger partial charge on any atom is 0.258 e. The van der Waals surface area contributed by atoms with Crippen LogP contribution in [0.25, 0.3) is 0 Å². The fourth-order valence-electron chi connectivity index (χ4n) is 2.59. The van der Waals surface area contributed by atoms with E-state index in [1.807, 2.05) is 6.07 Å². The molecule has 4 heteroatoms. The second-order valence-corrected chi connectivity index (χ2v) is 5.40. The molecule has 0 aliphatic heterocycles. The van der Waals surface area contributed by atoms with E-state index in [-0.39, 0.29) is 12.5 Å². The first-order valence-electron chi connectivity index (χ1n) is 6.91. The van der Waals surface area contributed by atoms with Gasteiger partial charge in [-0.15, -0.1) is 0 Å². The standard InChI is InChI=1S/C15H22N2O2/c1-11-4-2-6-13(8-11)17-15(18)10-19-14-7-3-5-12(16)9-14/h3,5,7,9,11,13H,2,4,6,8,10,16H2,1H3,(H,17,18). The van der Waals surface area contributed by atoms with E-state index in [1.54, 1.807) is 18.2 Å². The summed E-state index contributed by atoms with van der Waals surface area (Å²) < 4.78 is 5.42. The van der Waals surface area contributed by atoms with Crippen LogP contribution >= 0.6 is 0 Å². The van der Waals surface area contributed by atoms with Gasteiger partial charge in [-0.25, -0.2) is 0 Å². The molecule has 2 atom stereocenters. The molecule has 1 aliphatic carbocycles. The Bertz CT molecular complexity index is 434. The van der Waals surface area contributed by atoms with Gasteiger partial charge in [0, 0.05) is 17.8 Å². The predicted molar refractivity (Wildman–Crippen MR) is 75.9 cm³/mol. The van der Waals surface area contributed by atoms with Gasteiger partial charge in [-0.2, -0.15) is 0 Å². The van der Waals surface area contributed by atoms with Crippen molar-refractivity contribution in [1.29, 1.82) is 0 Å². The summed E-state index contributed by atoms with van der Waals surface area (Å²) in [7, 11) is 0. The van der Waals surface area contributed by atoms with Crippen LogP contribution in [0.4, 0.5) is 5.69 Å². The molecule has 1 aliphatic rings. The highest BCUT2D eigenvalue weighted by atomic mass is 16.5. The van der Waals surface area contributed by atoms with E-state index in [2.05, 4.69) is 12.2 Å². The number of ether oxygens (including phenoxy) is 1. The zero-order chi connectivity index (χ0) is 13.7. The van der Waals surface area contributed by atoms with Crippen LogP contribution in [-0.2, 0) is 4.79 Å².